The van der Waals surface area contributed by atoms with E-state index in [9.17, 15) is 5.11 Å². The first-order valence-electron chi connectivity index (χ1n) is 12.8. The van der Waals surface area contributed by atoms with Crippen molar-refractivity contribution < 1.29 is 5.11 Å². The van der Waals surface area contributed by atoms with Crippen LogP contribution in [0.5, 0.6) is 0 Å². The molecule has 0 fully saturated rings. The number of rotatable bonds is 7. The summed E-state index contributed by atoms with van der Waals surface area (Å²) in [7, 11) is 0. The minimum Gasteiger partial charge on any atom is -0.389 e. The maximum Gasteiger partial charge on any atom is 0.0891 e. The van der Waals surface area contributed by atoms with Gasteiger partial charge in [-0.3, -0.25) is 0 Å². The molecule has 182 valence electrons. The van der Waals surface area contributed by atoms with Gasteiger partial charge in [0, 0.05) is 28.6 Å². The molecule has 0 aliphatic rings. The molecule has 1 unspecified atom stereocenters. The van der Waals surface area contributed by atoms with E-state index < -0.39 is 6.10 Å². The summed E-state index contributed by atoms with van der Waals surface area (Å²) in [6.07, 6.45) is -0.582. The highest BCUT2D eigenvalue weighted by Gasteiger charge is 2.23. The van der Waals surface area contributed by atoms with Gasteiger partial charge in [-0.15, -0.1) is 0 Å². The highest BCUT2D eigenvalue weighted by Crippen LogP contribution is 2.43. The van der Waals surface area contributed by atoms with E-state index in [1.54, 1.807) is 0 Å². The maximum absolute atomic E-state index is 11.3. The Hall–Kier alpha value is -4.34. The summed E-state index contributed by atoms with van der Waals surface area (Å²) in [5.74, 6) is 0. The molecule has 1 atom stereocenters. The lowest BCUT2D eigenvalue weighted by Crippen LogP contribution is -2.25. The molecule has 0 aliphatic heterocycles. The van der Waals surface area contributed by atoms with Gasteiger partial charge < -0.3 is 15.0 Å². The molecule has 3 nitrogen and oxygen atoms in total. The average Bonchev–Trinajstić information content (AvgIpc) is 3.28. The van der Waals surface area contributed by atoms with Gasteiger partial charge in [-0.25, -0.2) is 0 Å². The van der Waals surface area contributed by atoms with Crippen molar-refractivity contribution in [3.05, 3.63) is 127 Å². The fourth-order valence-electron chi connectivity index (χ4n) is 5.28. The van der Waals surface area contributed by atoms with Crippen LogP contribution < -0.4 is 5.32 Å². The monoisotopic (exact) mass is 482 g/mol. The number of aromatic nitrogens is 1. The number of aryl methyl sites for hydroxylation is 1. The molecular weight excluding hydrogens is 452 g/mol. The predicted molar refractivity (Wildman–Crippen MR) is 156 cm³/mol. The van der Waals surface area contributed by atoms with Crippen LogP contribution in [0.2, 0.25) is 0 Å². The van der Waals surface area contributed by atoms with Crippen LogP contribution in [0.4, 0.5) is 5.69 Å². The lowest BCUT2D eigenvalue weighted by atomic mass is 9.97. The van der Waals surface area contributed by atoms with Crippen LogP contribution >= 0.6 is 0 Å². The number of nitrogens with one attached hydrogen (secondary N) is 1. The lowest BCUT2D eigenvalue weighted by molar-refractivity contribution is 0.169. The summed E-state index contributed by atoms with van der Waals surface area (Å²) in [4.78, 5) is 0. The first-order valence-corrected chi connectivity index (χ1v) is 12.8. The number of aliphatic hydroxyl groups is 1. The predicted octanol–water partition coefficient (Wildman–Crippen LogP) is 7.91. The molecule has 1 aromatic heterocycles. The van der Waals surface area contributed by atoms with Crippen molar-refractivity contribution in [2.24, 2.45) is 0 Å². The first kappa shape index (κ1) is 23.1. The zero-order valence-electron chi connectivity index (χ0n) is 20.9. The van der Waals surface area contributed by atoms with E-state index in [4.69, 9.17) is 0 Å². The summed E-state index contributed by atoms with van der Waals surface area (Å²) in [6.45, 7) is 3.01. The minimum absolute atomic E-state index is 0.461. The topological polar surface area (TPSA) is 37.2 Å². The third-order valence-corrected chi connectivity index (χ3v) is 7.04. The molecule has 0 aliphatic carbocycles. The van der Waals surface area contributed by atoms with E-state index in [-0.39, 0.29) is 0 Å². The van der Waals surface area contributed by atoms with Gasteiger partial charge in [0.05, 0.1) is 23.9 Å². The van der Waals surface area contributed by atoms with Gasteiger partial charge in [-0.1, -0.05) is 115 Å². The molecule has 0 amide bonds. The Morgan fingerprint density at radius 3 is 2.05 bits per heavy atom. The molecule has 6 rings (SSSR count). The van der Waals surface area contributed by atoms with E-state index in [1.165, 1.54) is 32.8 Å². The van der Waals surface area contributed by atoms with Crippen LogP contribution in [0, 0.1) is 6.92 Å². The number of hydrogen-bond donors (Lipinski definition) is 2. The van der Waals surface area contributed by atoms with Crippen molar-refractivity contribution in [1.29, 1.82) is 0 Å². The Balaban J connectivity index is 1.54. The number of hydrogen-bond acceptors (Lipinski definition) is 2. The largest absolute Gasteiger partial charge is 0.389 e. The van der Waals surface area contributed by atoms with Gasteiger partial charge in [0.15, 0.2) is 0 Å². The van der Waals surface area contributed by atoms with Crippen molar-refractivity contribution in [3.8, 4) is 22.4 Å². The Labute approximate surface area is 217 Å². The number of anilines is 1. The third kappa shape index (κ3) is 4.50. The Morgan fingerprint density at radius 1 is 0.676 bits per heavy atom. The minimum atomic E-state index is -0.582. The van der Waals surface area contributed by atoms with Crippen LogP contribution in [0.3, 0.4) is 0 Å². The van der Waals surface area contributed by atoms with Gasteiger partial charge in [-0.2, -0.15) is 0 Å². The molecule has 2 N–H and O–H groups in total. The number of nitrogens with zero attached hydrogens (tertiary/aromatic N) is 1. The lowest BCUT2D eigenvalue weighted by Gasteiger charge is -2.18. The SMILES string of the molecule is Cc1ccc(NCC(O)Cn2c(-c3ccccc3)c(-c3ccccc3)c3ccc4ccccc4c32)cc1. The highest BCUT2D eigenvalue weighted by atomic mass is 16.3. The summed E-state index contributed by atoms with van der Waals surface area (Å²) >= 11 is 0. The molecular formula is C34H30N2O. The standard InChI is InChI=1S/C34H30N2O/c1-24-16-19-28(20-17-24)35-22-29(37)23-36-33(27-13-6-3-7-14-27)32(26-11-4-2-5-12-26)31-21-18-25-10-8-9-15-30(25)34(31)36/h2-21,29,35,37H,22-23H2,1H3. The average molecular weight is 483 g/mol. The van der Waals surface area contributed by atoms with Crippen molar-refractivity contribution in [2.45, 2.75) is 19.6 Å². The molecule has 0 radical (unpaired) electrons. The summed E-state index contributed by atoms with van der Waals surface area (Å²) in [5.41, 5.74) is 8.04. The zero-order chi connectivity index (χ0) is 25.2. The summed E-state index contributed by atoms with van der Waals surface area (Å²) in [5, 5.41) is 18.3. The molecule has 37 heavy (non-hydrogen) atoms. The molecule has 0 saturated carbocycles. The van der Waals surface area contributed by atoms with Crippen molar-refractivity contribution >= 4 is 27.4 Å². The molecule has 3 heteroatoms. The number of benzene rings is 5. The normalized spacial score (nSPS) is 12.2. The van der Waals surface area contributed by atoms with Gasteiger partial charge in [-0.05, 0) is 35.6 Å². The number of aliphatic hydroxyl groups excluding tert-OH is 1. The Kier molecular flexibility index (Phi) is 6.21. The molecule has 0 spiro atoms. The molecule has 5 aromatic carbocycles. The van der Waals surface area contributed by atoms with Gasteiger partial charge in [0.2, 0.25) is 0 Å². The van der Waals surface area contributed by atoms with Gasteiger partial charge in [0.1, 0.15) is 0 Å². The Morgan fingerprint density at radius 2 is 1.32 bits per heavy atom. The Bertz CT molecular complexity index is 1650. The highest BCUT2D eigenvalue weighted by molar-refractivity contribution is 6.15. The van der Waals surface area contributed by atoms with E-state index in [2.05, 4.69) is 138 Å². The smallest absolute Gasteiger partial charge is 0.0891 e. The zero-order valence-corrected chi connectivity index (χ0v) is 20.9. The second kappa shape index (κ2) is 9.96. The second-order valence-electron chi connectivity index (χ2n) is 9.65. The molecule has 1 heterocycles. The fraction of sp³-hybridized carbons (Fsp3) is 0.118. The van der Waals surface area contributed by atoms with E-state index >= 15 is 0 Å². The van der Waals surface area contributed by atoms with Crippen molar-refractivity contribution in [2.75, 3.05) is 11.9 Å². The van der Waals surface area contributed by atoms with Crippen LogP contribution in [-0.4, -0.2) is 22.3 Å². The first-order chi connectivity index (χ1) is 18.2. The fourth-order valence-corrected chi connectivity index (χ4v) is 5.28. The third-order valence-electron chi connectivity index (χ3n) is 7.04. The maximum atomic E-state index is 11.3. The van der Waals surface area contributed by atoms with Crippen molar-refractivity contribution in [3.63, 3.8) is 0 Å². The quantitative estimate of drug-likeness (QED) is 0.243. The van der Waals surface area contributed by atoms with Crippen LogP contribution in [0.25, 0.3) is 44.1 Å². The van der Waals surface area contributed by atoms with Crippen molar-refractivity contribution in [1.82, 2.24) is 4.57 Å². The van der Waals surface area contributed by atoms with E-state index in [0.717, 1.165) is 22.5 Å². The van der Waals surface area contributed by atoms with Gasteiger partial charge >= 0.3 is 0 Å². The van der Waals surface area contributed by atoms with Gasteiger partial charge in [0.25, 0.3) is 0 Å². The molecule has 6 aromatic rings. The number of fused-ring (bicyclic) bond motifs is 3. The van der Waals surface area contributed by atoms with Crippen LogP contribution in [0.15, 0.2) is 121 Å². The second-order valence-corrected chi connectivity index (χ2v) is 9.65. The van der Waals surface area contributed by atoms with E-state index in [1.807, 2.05) is 0 Å². The summed E-state index contributed by atoms with van der Waals surface area (Å²) in [6, 6.07) is 42.4. The molecule has 0 bridgehead atoms. The molecule has 0 saturated heterocycles. The van der Waals surface area contributed by atoms with E-state index in [0.29, 0.717) is 13.1 Å². The van der Waals surface area contributed by atoms with Crippen LogP contribution in [0.1, 0.15) is 5.56 Å². The summed E-state index contributed by atoms with van der Waals surface area (Å²) < 4.78 is 2.33. The van der Waals surface area contributed by atoms with Crippen LogP contribution in [-0.2, 0) is 6.54 Å².